The van der Waals surface area contributed by atoms with Crippen molar-refractivity contribution in [2.24, 2.45) is 0 Å². The summed E-state index contributed by atoms with van der Waals surface area (Å²) in [4.78, 5) is 4.09. The Morgan fingerprint density at radius 1 is 1.38 bits per heavy atom. The van der Waals surface area contributed by atoms with Crippen LogP contribution in [0.25, 0.3) is 10.8 Å². The molecule has 0 aliphatic heterocycles. The summed E-state index contributed by atoms with van der Waals surface area (Å²) in [5, 5.41) is 2.69. The van der Waals surface area contributed by atoms with E-state index in [1.807, 2.05) is 25.1 Å². The maximum atomic E-state index is 5.97. The number of pyridine rings is 1. The van der Waals surface area contributed by atoms with Gasteiger partial charge >= 0.3 is 0 Å². The van der Waals surface area contributed by atoms with E-state index in [9.17, 15) is 0 Å². The summed E-state index contributed by atoms with van der Waals surface area (Å²) in [7, 11) is 0. The zero-order valence-electron chi connectivity index (χ0n) is 7.01. The molecule has 3 heteroatoms. The standard InChI is InChI=1S/C10H7BrClN/c1-6-5-13-10(12)7-3-2-4-8(11)9(6)7/h2-5H,1H3. The molecule has 0 amide bonds. The van der Waals surface area contributed by atoms with Gasteiger partial charge in [0.1, 0.15) is 5.15 Å². The van der Waals surface area contributed by atoms with Gasteiger partial charge in [-0.2, -0.15) is 0 Å². The second-order valence-corrected chi connectivity index (χ2v) is 4.11. The monoisotopic (exact) mass is 255 g/mol. The number of aryl methyl sites for hydroxylation is 1. The maximum Gasteiger partial charge on any atom is 0.136 e. The van der Waals surface area contributed by atoms with Gasteiger partial charge in [0.2, 0.25) is 0 Å². The summed E-state index contributed by atoms with van der Waals surface area (Å²) in [5.74, 6) is 0. The molecule has 2 aromatic rings. The topological polar surface area (TPSA) is 12.9 Å². The van der Waals surface area contributed by atoms with E-state index < -0.39 is 0 Å². The van der Waals surface area contributed by atoms with Gasteiger partial charge in [-0.15, -0.1) is 0 Å². The molecule has 1 nitrogen and oxygen atoms in total. The second-order valence-electron chi connectivity index (χ2n) is 2.89. The summed E-state index contributed by atoms with van der Waals surface area (Å²) < 4.78 is 1.06. The highest BCUT2D eigenvalue weighted by Crippen LogP contribution is 2.29. The molecule has 0 aliphatic rings. The van der Waals surface area contributed by atoms with Crippen LogP contribution in [0.1, 0.15) is 5.56 Å². The van der Waals surface area contributed by atoms with Crippen LogP contribution in [-0.4, -0.2) is 4.98 Å². The molecule has 1 aromatic heterocycles. The summed E-state index contributed by atoms with van der Waals surface area (Å²) in [6.45, 7) is 2.02. The third-order valence-corrected chi connectivity index (χ3v) is 2.96. The molecule has 0 fully saturated rings. The molecule has 0 aliphatic carbocycles. The van der Waals surface area contributed by atoms with E-state index in [0.717, 1.165) is 20.8 Å². The average Bonchev–Trinajstić information content (AvgIpc) is 2.12. The first-order valence-corrected chi connectivity index (χ1v) is 5.06. The van der Waals surface area contributed by atoms with Crippen molar-refractivity contribution in [1.82, 2.24) is 4.98 Å². The fourth-order valence-electron chi connectivity index (χ4n) is 1.38. The lowest BCUT2D eigenvalue weighted by molar-refractivity contribution is 1.31. The lowest BCUT2D eigenvalue weighted by atomic mass is 10.1. The van der Waals surface area contributed by atoms with Crippen molar-refractivity contribution < 1.29 is 0 Å². The Labute approximate surface area is 89.9 Å². The first-order chi connectivity index (χ1) is 6.20. The Balaban J connectivity index is 3.00. The molecule has 0 spiro atoms. The normalized spacial score (nSPS) is 10.7. The van der Waals surface area contributed by atoms with Crippen molar-refractivity contribution >= 4 is 38.3 Å². The largest absolute Gasteiger partial charge is 0.244 e. The van der Waals surface area contributed by atoms with E-state index in [2.05, 4.69) is 20.9 Å². The van der Waals surface area contributed by atoms with Crippen molar-refractivity contribution in [1.29, 1.82) is 0 Å². The Bertz CT molecular complexity index is 459. The van der Waals surface area contributed by atoms with Gasteiger partial charge in [0, 0.05) is 21.4 Å². The lowest BCUT2D eigenvalue weighted by Gasteiger charge is -2.04. The number of rotatable bonds is 0. The fourth-order valence-corrected chi connectivity index (χ4v) is 2.27. The maximum absolute atomic E-state index is 5.97. The van der Waals surface area contributed by atoms with Crippen molar-refractivity contribution in [2.75, 3.05) is 0 Å². The first-order valence-electron chi connectivity index (χ1n) is 3.89. The van der Waals surface area contributed by atoms with E-state index in [4.69, 9.17) is 11.6 Å². The van der Waals surface area contributed by atoms with E-state index >= 15 is 0 Å². The average molecular weight is 257 g/mol. The predicted molar refractivity (Wildman–Crippen MR) is 59.2 cm³/mol. The molecule has 0 radical (unpaired) electrons. The van der Waals surface area contributed by atoms with Crippen molar-refractivity contribution in [2.45, 2.75) is 6.92 Å². The molecule has 2 rings (SSSR count). The molecule has 0 N–H and O–H groups in total. The molecule has 1 aromatic carbocycles. The Kier molecular flexibility index (Phi) is 2.26. The highest BCUT2D eigenvalue weighted by Gasteiger charge is 2.05. The molecule has 0 atom stereocenters. The first kappa shape index (κ1) is 8.97. The van der Waals surface area contributed by atoms with E-state index in [-0.39, 0.29) is 0 Å². The van der Waals surface area contributed by atoms with Crippen LogP contribution in [0.4, 0.5) is 0 Å². The van der Waals surface area contributed by atoms with Crippen LogP contribution >= 0.6 is 27.5 Å². The summed E-state index contributed by atoms with van der Waals surface area (Å²) >= 11 is 9.46. The molecule has 1 heterocycles. The summed E-state index contributed by atoms with van der Waals surface area (Å²) in [6.07, 6.45) is 1.79. The Morgan fingerprint density at radius 2 is 2.15 bits per heavy atom. The highest BCUT2D eigenvalue weighted by atomic mass is 79.9. The third-order valence-electron chi connectivity index (χ3n) is 2.00. The summed E-state index contributed by atoms with van der Waals surface area (Å²) in [5.41, 5.74) is 1.13. The zero-order chi connectivity index (χ0) is 9.42. The van der Waals surface area contributed by atoms with E-state index in [1.165, 1.54) is 0 Å². The smallest absolute Gasteiger partial charge is 0.136 e. The van der Waals surface area contributed by atoms with E-state index in [1.54, 1.807) is 6.20 Å². The van der Waals surface area contributed by atoms with Crippen LogP contribution in [0.5, 0.6) is 0 Å². The van der Waals surface area contributed by atoms with E-state index in [0.29, 0.717) is 5.15 Å². The van der Waals surface area contributed by atoms with Gasteiger partial charge in [0.25, 0.3) is 0 Å². The van der Waals surface area contributed by atoms with Crippen LogP contribution in [0, 0.1) is 6.92 Å². The van der Waals surface area contributed by atoms with Crippen LogP contribution < -0.4 is 0 Å². The molecule has 0 saturated heterocycles. The minimum atomic E-state index is 0.557. The predicted octanol–water partition coefficient (Wildman–Crippen LogP) is 3.96. The fraction of sp³-hybridized carbons (Fsp3) is 0.100. The van der Waals surface area contributed by atoms with Crippen LogP contribution in [-0.2, 0) is 0 Å². The minimum Gasteiger partial charge on any atom is -0.244 e. The van der Waals surface area contributed by atoms with Crippen LogP contribution in [0.15, 0.2) is 28.9 Å². The lowest BCUT2D eigenvalue weighted by Crippen LogP contribution is -1.84. The molecule has 66 valence electrons. The number of hydrogen-bond acceptors (Lipinski definition) is 1. The van der Waals surface area contributed by atoms with Gasteiger partial charge in [-0.3, -0.25) is 0 Å². The Hall–Kier alpha value is -0.600. The third kappa shape index (κ3) is 1.45. The molecular weight excluding hydrogens is 249 g/mol. The molecule has 0 saturated carbocycles. The molecule has 0 unspecified atom stereocenters. The number of halogens is 2. The van der Waals surface area contributed by atoms with Gasteiger partial charge in [-0.05, 0) is 18.6 Å². The summed E-state index contributed by atoms with van der Waals surface area (Å²) in [6, 6.07) is 5.94. The van der Waals surface area contributed by atoms with Crippen molar-refractivity contribution in [3.8, 4) is 0 Å². The molecular formula is C10H7BrClN. The van der Waals surface area contributed by atoms with Gasteiger partial charge in [0.05, 0.1) is 0 Å². The zero-order valence-corrected chi connectivity index (χ0v) is 9.35. The number of nitrogens with zero attached hydrogens (tertiary/aromatic N) is 1. The van der Waals surface area contributed by atoms with Crippen LogP contribution in [0.2, 0.25) is 5.15 Å². The van der Waals surface area contributed by atoms with Gasteiger partial charge in [-0.1, -0.05) is 39.7 Å². The second kappa shape index (κ2) is 3.28. The van der Waals surface area contributed by atoms with Crippen molar-refractivity contribution in [3.05, 3.63) is 39.6 Å². The van der Waals surface area contributed by atoms with Crippen LogP contribution in [0.3, 0.4) is 0 Å². The van der Waals surface area contributed by atoms with Crippen molar-refractivity contribution in [3.63, 3.8) is 0 Å². The molecule has 13 heavy (non-hydrogen) atoms. The number of hydrogen-bond donors (Lipinski definition) is 0. The number of fused-ring (bicyclic) bond motifs is 1. The van der Waals surface area contributed by atoms with Gasteiger partial charge < -0.3 is 0 Å². The van der Waals surface area contributed by atoms with Gasteiger partial charge in [0.15, 0.2) is 0 Å². The van der Waals surface area contributed by atoms with Gasteiger partial charge in [-0.25, -0.2) is 4.98 Å². The Morgan fingerprint density at radius 3 is 2.85 bits per heavy atom. The SMILES string of the molecule is Cc1cnc(Cl)c2cccc(Br)c12. The highest BCUT2D eigenvalue weighted by molar-refractivity contribution is 9.10. The quantitative estimate of drug-likeness (QED) is 0.650. The molecule has 0 bridgehead atoms. The number of aromatic nitrogens is 1. The number of benzene rings is 1. The minimum absolute atomic E-state index is 0.557.